The Hall–Kier alpha value is -2.65. The molecule has 1 aliphatic heterocycles. The molecule has 0 spiro atoms. The van der Waals surface area contributed by atoms with Crippen molar-refractivity contribution < 1.29 is 27.1 Å². The highest BCUT2D eigenvalue weighted by molar-refractivity contribution is 7.89. The van der Waals surface area contributed by atoms with Crippen LogP contribution in [0.4, 0.5) is 10.1 Å². The predicted molar refractivity (Wildman–Crippen MR) is 106 cm³/mol. The summed E-state index contributed by atoms with van der Waals surface area (Å²) in [7, 11) is -1.04. The Bertz CT molecular complexity index is 988. The van der Waals surface area contributed by atoms with Gasteiger partial charge in [-0.1, -0.05) is 6.07 Å². The Morgan fingerprint density at radius 2 is 1.83 bits per heavy atom. The van der Waals surface area contributed by atoms with E-state index in [1.165, 1.54) is 17.5 Å². The zero-order valence-corrected chi connectivity index (χ0v) is 17.0. The second-order valence-corrected chi connectivity index (χ2v) is 8.60. The molecule has 3 rings (SSSR count). The first-order valence-corrected chi connectivity index (χ1v) is 10.6. The molecule has 0 aliphatic carbocycles. The van der Waals surface area contributed by atoms with Crippen LogP contribution in [0, 0.1) is 11.7 Å². The number of benzene rings is 2. The van der Waals surface area contributed by atoms with Crippen molar-refractivity contribution in [1.29, 1.82) is 0 Å². The van der Waals surface area contributed by atoms with Crippen molar-refractivity contribution in [3.8, 4) is 11.5 Å². The summed E-state index contributed by atoms with van der Waals surface area (Å²) >= 11 is 0. The topological polar surface area (TPSA) is 84.9 Å². The molecule has 1 fully saturated rings. The molecular formula is C20H23FN2O5S. The van der Waals surface area contributed by atoms with Crippen molar-refractivity contribution in [1.82, 2.24) is 4.31 Å². The molecule has 0 atom stereocenters. The fraction of sp³-hybridized carbons (Fsp3) is 0.350. The molecule has 1 aliphatic rings. The number of hydrogen-bond acceptors (Lipinski definition) is 5. The van der Waals surface area contributed by atoms with Crippen LogP contribution in [0.1, 0.15) is 12.8 Å². The SMILES string of the molecule is COc1cccc(NC(=O)C2CCN(S(=O)(=O)c3cc(F)ccc3OC)CC2)c1. The third kappa shape index (κ3) is 4.68. The number of rotatable bonds is 6. The lowest BCUT2D eigenvalue weighted by Crippen LogP contribution is -2.41. The molecule has 0 unspecified atom stereocenters. The Balaban J connectivity index is 1.66. The molecule has 2 aromatic rings. The molecule has 7 nitrogen and oxygen atoms in total. The third-order valence-electron chi connectivity index (χ3n) is 4.91. The summed E-state index contributed by atoms with van der Waals surface area (Å²) in [5.74, 6) is -0.422. The monoisotopic (exact) mass is 422 g/mol. The van der Waals surface area contributed by atoms with Gasteiger partial charge in [-0.2, -0.15) is 4.31 Å². The zero-order valence-electron chi connectivity index (χ0n) is 16.2. The van der Waals surface area contributed by atoms with Crippen LogP contribution >= 0.6 is 0 Å². The van der Waals surface area contributed by atoms with Gasteiger partial charge in [0, 0.05) is 30.8 Å². The number of sulfonamides is 1. The summed E-state index contributed by atoms with van der Waals surface area (Å²) in [6.07, 6.45) is 0.735. The van der Waals surface area contributed by atoms with Gasteiger partial charge in [0.05, 0.1) is 14.2 Å². The first kappa shape index (κ1) is 21.1. The van der Waals surface area contributed by atoms with E-state index in [-0.39, 0.29) is 35.6 Å². The van der Waals surface area contributed by atoms with Gasteiger partial charge in [0.2, 0.25) is 15.9 Å². The number of methoxy groups -OCH3 is 2. The second-order valence-electron chi connectivity index (χ2n) is 6.69. The molecule has 1 saturated heterocycles. The van der Waals surface area contributed by atoms with Gasteiger partial charge in [-0.25, -0.2) is 12.8 Å². The number of ether oxygens (including phenoxy) is 2. The van der Waals surface area contributed by atoms with E-state index in [0.717, 1.165) is 12.1 Å². The molecule has 9 heteroatoms. The molecule has 2 aromatic carbocycles. The van der Waals surface area contributed by atoms with E-state index >= 15 is 0 Å². The fourth-order valence-corrected chi connectivity index (χ4v) is 4.93. The van der Waals surface area contributed by atoms with Gasteiger partial charge in [0.1, 0.15) is 22.2 Å². The first-order chi connectivity index (χ1) is 13.8. The fourth-order valence-electron chi connectivity index (χ4n) is 3.29. The number of amides is 1. The average molecular weight is 422 g/mol. The van der Waals surface area contributed by atoms with Crippen molar-refractivity contribution >= 4 is 21.6 Å². The van der Waals surface area contributed by atoms with Gasteiger partial charge >= 0.3 is 0 Å². The van der Waals surface area contributed by atoms with Gasteiger partial charge in [0.25, 0.3) is 0 Å². The highest BCUT2D eigenvalue weighted by Gasteiger charge is 2.34. The number of carbonyl (C=O) groups is 1. The quantitative estimate of drug-likeness (QED) is 0.774. The van der Waals surface area contributed by atoms with Gasteiger partial charge < -0.3 is 14.8 Å². The average Bonchev–Trinajstić information content (AvgIpc) is 2.74. The maximum atomic E-state index is 13.6. The number of nitrogens with zero attached hydrogens (tertiary/aromatic N) is 1. The molecule has 1 heterocycles. The van der Waals surface area contributed by atoms with E-state index in [9.17, 15) is 17.6 Å². The molecule has 0 bridgehead atoms. The predicted octanol–water partition coefficient (Wildman–Crippen LogP) is 2.88. The Labute approximate surface area is 169 Å². The second kappa shape index (κ2) is 8.79. The van der Waals surface area contributed by atoms with E-state index in [1.807, 2.05) is 0 Å². The van der Waals surface area contributed by atoms with E-state index in [2.05, 4.69) is 5.32 Å². The van der Waals surface area contributed by atoms with Gasteiger partial charge in [-0.05, 0) is 43.2 Å². The Morgan fingerprint density at radius 1 is 1.10 bits per heavy atom. The van der Waals surface area contributed by atoms with Gasteiger partial charge in [-0.15, -0.1) is 0 Å². The van der Waals surface area contributed by atoms with Crippen LogP contribution in [0.2, 0.25) is 0 Å². The highest BCUT2D eigenvalue weighted by Crippen LogP contribution is 2.30. The number of halogens is 1. The first-order valence-electron chi connectivity index (χ1n) is 9.13. The van der Waals surface area contributed by atoms with Crippen LogP contribution < -0.4 is 14.8 Å². The van der Waals surface area contributed by atoms with Crippen LogP contribution in [-0.4, -0.2) is 45.9 Å². The van der Waals surface area contributed by atoms with Crippen molar-refractivity contribution in [2.45, 2.75) is 17.7 Å². The third-order valence-corrected chi connectivity index (χ3v) is 6.83. The number of nitrogens with one attached hydrogen (secondary N) is 1. The van der Waals surface area contributed by atoms with E-state index in [1.54, 1.807) is 31.4 Å². The van der Waals surface area contributed by atoms with Crippen molar-refractivity contribution in [2.24, 2.45) is 5.92 Å². The van der Waals surface area contributed by atoms with Crippen LogP contribution in [0.15, 0.2) is 47.4 Å². The Kier molecular flexibility index (Phi) is 6.39. The molecule has 0 aromatic heterocycles. The number of hydrogen-bond donors (Lipinski definition) is 1. The minimum Gasteiger partial charge on any atom is -0.497 e. The Morgan fingerprint density at radius 3 is 2.48 bits per heavy atom. The number of piperidine rings is 1. The summed E-state index contributed by atoms with van der Waals surface area (Å²) in [4.78, 5) is 12.3. The highest BCUT2D eigenvalue weighted by atomic mass is 32.2. The summed E-state index contributed by atoms with van der Waals surface area (Å²) in [5, 5.41) is 2.84. The van der Waals surface area contributed by atoms with Crippen LogP contribution in [0.3, 0.4) is 0 Å². The smallest absolute Gasteiger partial charge is 0.246 e. The largest absolute Gasteiger partial charge is 0.497 e. The van der Waals surface area contributed by atoms with Crippen LogP contribution in [0.25, 0.3) is 0 Å². The molecular weight excluding hydrogens is 399 g/mol. The maximum absolute atomic E-state index is 13.6. The van der Waals surface area contributed by atoms with E-state index in [0.29, 0.717) is 24.3 Å². The minimum absolute atomic E-state index is 0.0873. The summed E-state index contributed by atoms with van der Waals surface area (Å²) < 4.78 is 50.9. The lowest BCUT2D eigenvalue weighted by molar-refractivity contribution is -0.120. The van der Waals surface area contributed by atoms with Crippen LogP contribution in [0.5, 0.6) is 11.5 Å². The summed E-state index contributed by atoms with van der Waals surface area (Å²) in [5.41, 5.74) is 0.619. The maximum Gasteiger partial charge on any atom is 0.246 e. The van der Waals surface area contributed by atoms with E-state index in [4.69, 9.17) is 9.47 Å². The van der Waals surface area contributed by atoms with Gasteiger partial charge in [0.15, 0.2) is 0 Å². The van der Waals surface area contributed by atoms with E-state index < -0.39 is 15.8 Å². The number of carbonyl (C=O) groups excluding carboxylic acids is 1. The van der Waals surface area contributed by atoms with Crippen molar-refractivity contribution in [3.63, 3.8) is 0 Å². The van der Waals surface area contributed by atoms with Gasteiger partial charge in [-0.3, -0.25) is 4.79 Å². The molecule has 1 N–H and O–H groups in total. The molecule has 0 saturated carbocycles. The van der Waals surface area contributed by atoms with Crippen LogP contribution in [-0.2, 0) is 14.8 Å². The molecule has 1 amide bonds. The number of anilines is 1. The molecule has 0 radical (unpaired) electrons. The lowest BCUT2D eigenvalue weighted by Gasteiger charge is -2.30. The van der Waals surface area contributed by atoms with Crippen molar-refractivity contribution in [2.75, 3.05) is 32.6 Å². The summed E-state index contributed by atoms with van der Waals surface area (Å²) in [6.45, 7) is 0.330. The molecule has 29 heavy (non-hydrogen) atoms. The lowest BCUT2D eigenvalue weighted by atomic mass is 9.97. The standard InChI is InChI=1S/C20H23FN2O5S/c1-27-17-5-3-4-16(13-17)22-20(24)14-8-10-23(11-9-14)29(25,26)19-12-15(21)6-7-18(19)28-2/h3-7,12-14H,8-11H2,1-2H3,(H,22,24). The van der Waals surface area contributed by atoms with Crippen molar-refractivity contribution in [3.05, 3.63) is 48.3 Å². The summed E-state index contributed by atoms with van der Waals surface area (Å²) in [6, 6.07) is 10.4. The zero-order chi connectivity index (χ0) is 21.0. The molecule has 156 valence electrons. The minimum atomic E-state index is -3.92. The normalized spacial score (nSPS) is 15.7.